The van der Waals surface area contributed by atoms with Crippen LogP contribution in [-0.4, -0.2) is 20.0 Å². The van der Waals surface area contributed by atoms with Crippen molar-refractivity contribution >= 4 is 11.8 Å². The van der Waals surface area contributed by atoms with Gasteiger partial charge in [0.05, 0.1) is 19.8 Å². The van der Waals surface area contributed by atoms with Gasteiger partial charge in [0, 0.05) is 16.7 Å². The molecule has 0 fully saturated rings. The van der Waals surface area contributed by atoms with Crippen LogP contribution in [-0.2, 0) is 0 Å². The molecule has 1 atom stereocenters. The van der Waals surface area contributed by atoms with E-state index in [0.29, 0.717) is 0 Å². The predicted octanol–water partition coefficient (Wildman–Crippen LogP) is 3.80. The van der Waals surface area contributed by atoms with Gasteiger partial charge in [-0.1, -0.05) is 24.3 Å². The molecule has 0 spiro atoms. The number of thioether (sulfide) groups is 1. The highest BCUT2D eigenvalue weighted by Gasteiger charge is 2.17. The first-order valence-electron chi connectivity index (χ1n) is 6.82. The highest BCUT2D eigenvalue weighted by atomic mass is 32.2. The molecule has 0 saturated carbocycles. The summed E-state index contributed by atoms with van der Waals surface area (Å²) in [5, 5.41) is 0. The molecule has 0 saturated heterocycles. The molecule has 0 amide bonds. The van der Waals surface area contributed by atoms with Gasteiger partial charge in [-0.2, -0.15) is 0 Å². The van der Waals surface area contributed by atoms with Crippen LogP contribution in [0.1, 0.15) is 17.2 Å². The minimum atomic E-state index is -0.152. The molecule has 0 aliphatic carbocycles. The maximum absolute atomic E-state index is 6.36. The second-order valence-electron chi connectivity index (χ2n) is 4.76. The molecule has 2 aromatic rings. The Balaban J connectivity index is 2.17. The fourth-order valence-electron chi connectivity index (χ4n) is 2.23. The van der Waals surface area contributed by atoms with E-state index in [4.69, 9.17) is 15.2 Å². The number of benzene rings is 2. The molecule has 112 valence electrons. The van der Waals surface area contributed by atoms with Crippen molar-refractivity contribution in [3.8, 4) is 11.5 Å². The van der Waals surface area contributed by atoms with Gasteiger partial charge in [-0.05, 0) is 30.7 Å². The van der Waals surface area contributed by atoms with Crippen molar-refractivity contribution in [2.45, 2.75) is 17.9 Å². The quantitative estimate of drug-likeness (QED) is 0.824. The molecular formula is C17H21NO2S. The van der Waals surface area contributed by atoms with E-state index < -0.39 is 0 Å². The lowest BCUT2D eigenvalue weighted by Crippen LogP contribution is -2.15. The van der Waals surface area contributed by atoms with E-state index in [9.17, 15) is 0 Å². The van der Waals surface area contributed by atoms with Gasteiger partial charge in [0.1, 0.15) is 11.5 Å². The number of aryl methyl sites for hydroxylation is 1. The van der Waals surface area contributed by atoms with Crippen molar-refractivity contribution in [3.05, 3.63) is 53.6 Å². The first-order chi connectivity index (χ1) is 10.2. The second kappa shape index (κ2) is 7.38. The minimum Gasteiger partial charge on any atom is -0.496 e. The van der Waals surface area contributed by atoms with Gasteiger partial charge < -0.3 is 15.2 Å². The Labute approximate surface area is 130 Å². The summed E-state index contributed by atoms with van der Waals surface area (Å²) in [5.74, 6) is 2.31. The molecule has 0 aliphatic heterocycles. The molecule has 0 radical (unpaired) electrons. The highest BCUT2D eigenvalue weighted by molar-refractivity contribution is 7.99. The summed E-state index contributed by atoms with van der Waals surface area (Å²) in [6.07, 6.45) is 0. The number of nitrogens with two attached hydrogens (primary N) is 1. The Kier molecular flexibility index (Phi) is 5.53. The summed E-state index contributed by atoms with van der Waals surface area (Å²) in [6, 6.07) is 13.9. The van der Waals surface area contributed by atoms with Crippen molar-refractivity contribution in [2.24, 2.45) is 5.73 Å². The van der Waals surface area contributed by atoms with Crippen LogP contribution in [0.15, 0.2) is 47.4 Å². The molecule has 3 nitrogen and oxygen atoms in total. The van der Waals surface area contributed by atoms with Crippen molar-refractivity contribution in [2.75, 3.05) is 20.0 Å². The van der Waals surface area contributed by atoms with Gasteiger partial charge in [0.25, 0.3) is 0 Å². The summed E-state index contributed by atoms with van der Waals surface area (Å²) in [7, 11) is 3.30. The summed E-state index contributed by atoms with van der Waals surface area (Å²) in [5.41, 5.74) is 8.55. The van der Waals surface area contributed by atoms with E-state index >= 15 is 0 Å². The Morgan fingerprint density at radius 2 is 1.62 bits per heavy atom. The van der Waals surface area contributed by atoms with Crippen molar-refractivity contribution < 1.29 is 9.47 Å². The van der Waals surface area contributed by atoms with E-state index in [0.717, 1.165) is 22.8 Å². The zero-order valence-electron chi connectivity index (χ0n) is 12.6. The average molecular weight is 303 g/mol. The Bertz CT molecular complexity index is 579. The van der Waals surface area contributed by atoms with Gasteiger partial charge in [-0.25, -0.2) is 0 Å². The summed E-state index contributed by atoms with van der Waals surface area (Å²) in [4.78, 5) is 1.25. The normalized spacial score (nSPS) is 12.0. The second-order valence-corrected chi connectivity index (χ2v) is 5.82. The highest BCUT2D eigenvalue weighted by Crippen LogP contribution is 2.35. The standard InChI is InChI=1S/C17H21NO2S/c1-12-7-4-5-10-16(12)21-11-13(18)17-14(19-2)8-6-9-15(17)20-3/h4-10,13H,11,18H2,1-3H3. The van der Waals surface area contributed by atoms with Crippen LogP contribution < -0.4 is 15.2 Å². The lowest BCUT2D eigenvalue weighted by atomic mass is 10.1. The van der Waals surface area contributed by atoms with Crippen LogP contribution in [0.5, 0.6) is 11.5 Å². The first-order valence-corrected chi connectivity index (χ1v) is 7.80. The van der Waals surface area contributed by atoms with Gasteiger partial charge in [-0.15, -0.1) is 11.8 Å². The number of hydrogen-bond acceptors (Lipinski definition) is 4. The molecule has 2 N–H and O–H groups in total. The van der Waals surface area contributed by atoms with E-state index in [1.807, 2.05) is 30.3 Å². The van der Waals surface area contributed by atoms with Crippen molar-refractivity contribution in [1.82, 2.24) is 0 Å². The van der Waals surface area contributed by atoms with Gasteiger partial charge in [-0.3, -0.25) is 0 Å². The molecule has 4 heteroatoms. The Morgan fingerprint density at radius 1 is 1.00 bits per heavy atom. The van der Waals surface area contributed by atoms with Crippen molar-refractivity contribution in [1.29, 1.82) is 0 Å². The molecule has 0 aromatic heterocycles. The smallest absolute Gasteiger partial charge is 0.127 e. The number of hydrogen-bond donors (Lipinski definition) is 1. The van der Waals surface area contributed by atoms with Crippen LogP contribution in [0.4, 0.5) is 0 Å². The Hall–Kier alpha value is -1.65. The third kappa shape index (κ3) is 3.71. The van der Waals surface area contributed by atoms with Crippen LogP contribution in [0.3, 0.4) is 0 Å². The molecule has 0 heterocycles. The molecule has 0 aliphatic rings. The SMILES string of the molecule is COc1cccc(OC)c1C(N)CSc1ccccc1C. The number of methoxy groups -OCH3 is 2. The topological polar surface area (TPSA) is 44.5 Å². The predicted molar refractivity (Wildman–Crippen MR) is 88.4 cm³/mol. The molecule has 1 unspecified atom stereocenters. The maximum atomic E-state index is 6.36. The first kappa shape index (κ1) is 15.7. The lowest BCUT2D eigenvalue weighted by Gasteiger charge is -2.19. The third-order valence-electron chi connectivity index (χ3n) is 3.35. The van der Waals surface area contributed by atoms with E-state index in [1.54, 1.807) is 26.0 Å². The van der Waals surface area contributed by atoms with Crippen molar-refractivity contribution in [3.63, 3.8) is 0 Å². The monoisotopic (exact) mass is 303 g/mol. The van der Waals surface area contributed by atoms with Crippen LogP contribution in [0.25, 0.3) is 0 Å². The lowest BCUT2D eigenvalue weighted by molar-refractivity contribution is 0.381. The molecule has 0 bridgehead atoms. The number of rotatable bonds is 6. The van der Waals surface area contributed by atoms with Crippen LogP contribution >= 0.6 is 11.8 Å². The van der Waals surface area contributed by atoms with E-state index in [2.05, 4.69) is 19.1 Å². The zero-order valence-corrected chi connectivity index (χ0v) is 13.4. The Morgan fingerprint density at radius 3 is 2.19 bits per heavy atom. The van der Waals surface area contributed by atoms with Crippen LogP contribution in [0, 0.1) is 6.92 Å². The molecule has 21 heavy (non-hydrogen) atoms. The fourth-order valence-corrected chi connectivity index (χ4v) is 3.22. The summed E-state index contributed by atoms with van der Waals surface area (Å²) < 4.78 is 10.8. The fraction of sp³-hybridized carbons (Fsp3) is 0.294. The number of ether oxygens (including phenoxy) is 2. The van der Waals surface area contributed by atoms with Crippen LogP contribution in [0.2, 0.25) is 0 Å². The molecule has 2 rings (SSSR count). The molecule has 2 aromatic carbocycles. The van der Waals surface area contributed by atoms with E-state index in [1.165, 1.54) is 10.5 Å². The maximum Gasteiger partial charge on any atom is 0.127 e. The minimum absolute atomic E-state index is 0.152. The van der Waals surface area contributed by atoms with Gasteiger partial charge >= 0.3 is 0 Å². The largest absolute Gasteiger partial charge is 0.496 e. The summed E-state index contributed by atoms with van der Waals surface area (Å²) >= 11 is 1.75. The van der Waals surface area contributed by atoms with E-state index in [-0.39, 0.29) is 6.04 Å². The van der Waals surface area contributed by atoms with Gasteiger partial charge in [0.2, 0.25) is 0 Å². The zero-order chi connectivity index (χ0) is 15.2. The average Bonchev–Trinajstić information content (AvgIpc) is 2.52. The third-order valence-corrected chi connectivity index (χ3v) is 4.64. The molecular weight excluding hydrogens is 282 g/mol. The summed E-state index contributed by atoms with van der Waals surface area (Å²) in [6.45, 7) is 2.11. The van der Waals surface area contributed by atoms with Gasteiger partial charge in [0.15, 0.2) is 0 Å².